The highest BCUT2D eigenvalue weighted by Gasteiger charge is 2.86. The summed E-state index contributed by atoms with van der Waals surface area (Å²) >= 11 is 0. The van der Waals surface area contributed by atoms with Gasteiger partial charge < -0.3 is 33.5 Å². The van der Waals surface area contributed by atoms with E-state index in [4.69, 9.17) is 28.4 Å². The second-order valence-corrected chi connectivity index (χ2v) is 13.2. The fourth-order valence-corrected chi connectivity index (χ4v) is 7.95. The van der Waals surface area contributed by atoms with Gasteiger partial charge in [-0.2, -0.15) is 0 Å². The van der Waals surface area contributed by atoms with Crippen LogP contribution in [0.15, 0.2) is 60.7 Å². The first-order valence-electron chi connectivity index (χ1n) is 15.5. The number of ether oxygens (including phenoxy) is 6. The van der Waals surface area contributed by atoms with E-state index in [1.54, 1.807) is 62.4 Å². The van der Waals surface area contributed by atoms with Crippen molar-refractivity contribution in [2.24, 2.45) is 11.3 Å². The van der Waals surface area contributed by atoms with Crippen LogP contribution in [-0.4, -0.2) is 82.8 Å². The van der Waals surface area contributed by atoms with E-state index in [-0.39, 0.29) is 24.0 Å². The molecule has 0 aromatic heterocycles. The van der Waals surface area contributed by atoms with Gasteiger partial charge in [-0.1, -0.05) is 36.4 Å². The fourth-order valence-electron chi connectivity index (χ4n) is 7.95. The van der Waals surface area contributed by atoms with Crippen molar-refractivity contribution in [3.05, 3.63) is 71.8 Å². The Morgan fingerprint density at radius 2 is 1.26 bits per heavy atom. The second kappa shape index (κ2) is 12.4. The maximum absolute atomic E-state index is 13.7. The Balaban J connectivity index is 1.78. The molecule has 2 saturated carbocycles. The monoisotopic (exact) mass is 652 g/mol. The zero-order chi connectivity index (χ0) is 34.4. The molecule has 0 unspecified atom stereocenters. The maximum Gasteiger partial charge on any atom is 0.338 e. The summed E-state index contributed by atoms with van der Waals surface area (Å²) in [7, 11) is 0. The minimum atomic E-state index is -2.03. The molecular formula is C35H40O12. The molecule has 12 nitrogen and oxygen atoms in total. The number of esters is 5. The van der Waals surface area contributed by atoms with E-state index in [9.17, 15) is 29.1 Å². The first kappa shape index (κ1) is 34.1. The van der Waals surface area contributed by atoms with Crippen LogP contribution in [0, 0.1) is 11.3 Å². The van der Waals surface area contributed by atoms with E-state index in [1.807, 2.05) is 0 Å². The van der Waals surface area contributed by atoms with Crippen molar-refractivity contribution < 1.29 is 57.5 Å². The van der Waals surface area contributed by atoms with E-state index in [1.165, 1.54) is 26.0 Å². The standard InChI is InChI=1S/C35H40O12/c1-20(36)42-19-34-27(46-31(40)24-15-11-8-12-16-24)17-25-28(43-21(2)37)35(34,47-32(25,4)5)33(6,41)18-26(29(34)44-22(3)38)45-30(39)23-13-9-7-10-14-23/h7-16,25-29,41H,17-19H2,1-6H3/t25-,26+,27+,28-,29+,33+,34-,35+/m1/s1. The van der Waals surface area contributed by atoms with Gasteiger partial charge >= 0.3 is 29.8 Å². The number of rotatable bonds is 8. The highest BCUT2D eigenvalue weighted by molar-refractivity contribution is 5.90. The molecule has 47 heavy (non-hydrogen) atoms. The van der Waals surface area contributed by atoms with Crippen LogP contribution in [0.2, 0.25) is 0 Å². The minimum Gasteiger partial charge on any atom is -0.465 e. The van der Waals surface area contributed by atoms with E-state index in [0.29, 0.717) is 0 Å². The molecule has 1 spiro atoms. The number of fused-ring (bicyclic) bond motifs is 1. The first-order chi connectivity index (χ1) is 22.1. The number of carbonyl (C=O) groups is 5. The van der Waals surface area contributed by atoms with Crippen molar-refractivity contribution in [2.45, 2.75) is 95.6 Å². The molecule has 3 fully saturated rings. The predicted molar refractivity (Wildman–Crippen MR) is 163 cm³/mol. The van der Waals surface area contributed by atoms with Crippen LogP contribution in [-0.2, 0) is 42.8 Å². The van der Waals surface area contributed by atoms with Crippen LogP contribution in [0.1, 0.15) is 75.1 Å². The van der Waals surface area contributed by atoms with Gasteiger partial charge in [0, 0.05) is 33.1 Å². The topological polar surface area (TPSA) is 161 Å². The highest BCUT2D eigenvalue weighted by atomic mass is 16.6. The van der Waals surface area contributed by atoms with Gasteiger partial charge in [0.25, 0.3) is 0 Å². The predicted octanol–water partition coefficient (Wildman–Crippen LogP) is 3.57. The zero-order valence-corrected chi connectivity index (χ0v) is 27.2. The number of hydrogen-bond acceptors (Lipinski definition) is 12. The van der Waals surface area contributed by atoms with E-state index in [2.05, 4.69) is 0 Å². The molecule has 3 aliphatic rings. The molecule has 12 heteroatoms. The summed E-state index contributed by atoms with van der Waals surface area (Å²) in [5.41, 5.74) is -6.76. The molecule has 2 aliphatic carbocycles. The molecule has 1 aliphatic heterocycles. The van der Waals surface area contributed by atoms with Crippen LogP contribution >= 0.6 is 0 Å². The molecule has 8 atom stereocenters. The molecule has 1 heterocycles. The van der Waals surface area contributed by atoms with E-state index >= 15 is 0 Å². The molecule has 5 rings (SSSR count). The molecule has 1 saturated heterocycles. The lowest BCUT2D eigenvalue weighted by atomic mass is 9.46. The SMILES string of the molecule is CC(=O)OC[C@]12[C@@H](OC(=O)c3ccccc3)C[C@@H]3[C@@H](OC(C)=O)[C@]1(OC3(C)C)[C@@](C)(O)C[C@H](OC(=O)c1ccccc1)[C@@H]2OC(C)=O. The Morgan fingerprint density at radius 3 is 1.77 bits per heavy atom. The van der Waals surface area contributed by atoms with Crippen molar-refractivity contribution >= 4 is 29.8 Å². The van der Waals surface area contributed by atoms with Crippen molar-refractivity contribution in [2.75, 3.05) is 6.61 Å². The Bertz CT molecular complexity index is 1540. The lowest BCUT2D eigenvalue weighted by Crippen LogP contribution is -2.83. The summed E-state index contributed by atoms with van der Waals surface area (Å²) in [6.07, 6.45) is -5.78. The Hall–Kier alpha value is -4.29. The number of carbonyl (C=O) groups excluding carboxylic acids is 5. The zero-order valence-electron chi connectivity index (χ0n) is 27.2. The van der Waals surface area contributed by atoms with E-state index in [0.717, 1.165) is 13.8 Å². The molecule has 0 amide bonds. The summed E-state index contributed by atoms with van der Waals surface area (Å²) in [6, 6.07) is 16.3. The van der Waals surface area contributed by atoms with Gasteiger partial charge in [-0.25, -0.2) is 9.59 Å². The van der Waals surface area contributed by atoms with Gasteiger partial charge in [0.15, 0.2) is 11.7 Å². The molecule has 0 radical (unpaired) electrons. The lowest BCUT2D eigenvalue weighted by molar-refractivity contribution is -0.354. The summed E-state index contributed by atoms with van der Waals surface area (Å²) in [6.45, 7) is 7.82. The molecular weight excluding hydrogens is 612 g/mol. The smallest absolute Gasteiger partial charge is 0.338 e. The third-order valence-corrected chi connectivity index (χ3v) is 9.69. The Labute approximate surface area is 272 Å². The van der Waals surface area contributed by atoms with Gasteiger partial charge in [0.1, 0.15) is 30.3 Å². The van der Waals surface area contributed by atoms with Crippen molar-refractivity contribution in [1.29, 1.82) is 0 Å². The molecule has 2 aromatic rings. The quantitative estimate of drug-likeness (QED) is 0.327. The van der Waals surface area contributed by atoms with Crippen LogP contribution < -0.4 is 0 Å². The van der Waals surface area contributed by atoms with E-state index < -0.39 is 89.0 Å². The fraction of sp³-hybridized carbons (Fsp3) is 0.514. The van der Waals surface area contributed by atoms with Gasteiger partial charge in [0.2, 0.25) is 0 Å². The number of hydrogen-bond donors (Lipinski definition) is 1. The largest absolute Gasteiger partial charge is 0.465 e. The van der Waals surface area contributed by atoms with Crippen LogP contribution in [0.3, 0.4) is 0 Å². The molecule has 252 valence electrons. The molecule has 2 bridgehead atoms. The van der Waals surface area contributed by atoms with Gasteiger partial charge in [0.05, 0.1) is 22.3 Å². The summed E-state index contributed by atoms with van der Waals surface area (Å²) in [5.74, 6) is -4.40. The summed E-state index contributed by atoms with van der Waals surface area (Å²) < 4.78 is 36.7. The number of benzene rings is 2. The number of aliphatic hydroxyl groups is 1. The summed E-state index contributed by atoms with van der Waals surface area (Å²) in [5, 5.41) is 12.6. The van der Waals surface area contributed by atoms with Crippen LogP contribution in [0.25, 0.3) is 0 Å². The molecule has 1 N–H and O–H groups in total. The maximum atomic E-state index is 13.7. The van der Waals surface area contributed by atoms with Crippen molar-refractivity contribution in [3.8, 4) is 0 Å². The average molecular weight is 653 g/mol. The third kappa shape index (κ3) is 5.78. The van der Waals surface area contributed by atoms with Crippen molar-refractivity contribution in [3.63, 3.8) is 0 Å². The third-order valence-electron chi connectivity index (χ3n) is 9.69. The van der Waals surface area contributed by atoms with Crippen LogP contribution in [0.5, 0.6) is 0 Å². The Kier molecular flexibility index (Phi) is 8.97. The first-order valence-corrected chi connectivity index (χ1v) is 15.5. The van der Waals surface area contributed by atoms with Crippen molar-refractivity contribution in [1.82, 2.24) is 0 Å². The summed E-state index contributed by atoms with van der Waals surface area (Å²) in [4.78, 5) is 65.3. The second-order valence-electron chi connectivity index (χ2n) is 13.2. The van der Waals surface area contributed by atoms with Gasteiger partial charge in [-0.15, -0.1) is 0 Å². The minimum absolute atomic E-state index is 0.0280. The van der Waals surface area contributed by atoms with Crippen LogP contribution in [0.4, 0.5) is 0 Å². The van der Waals surface area contributed by atoms with Gasteiger partial charge in [-0.3, -0.25) is 14.4 Å². The average Bonchev–Trinajstić information content (AvgIpc) is 3.17. The van der Waals surface area contributed by atoms with Gasteiger partial charge in [-0.05, 0) is 51.5 Å². The normalized spacial score (nSPS) is 33.5. The highest BCUT2D eigenvalue weighted by Crippen LogP contribution is 2.69. The Morgan fingerprint density at radius 1 is 0.745 bits per heavy atom. The lowest BCUT2D eigenvalue weighted by Gasteiger charge is -2.65. The molecule has 2 aromatic carbocycles.